The molecule has 5 aromatic carbocycles. The third-order valence-electron chi connectivity index (χ3n) is 6.55. The molecule has 0 atom stereocenters. The van der Waals surface area contributed by atoms with Crippen LogP contribution in [0.5, 0.6) is 0 Å². The number of hydrogen-bond acceptors (Lipinski definition) is 2. The van der Waals surface area contributed by atoms with Gasteiger partial charge in [-0.15, -0.1) is 0 Å². The quantitative estimate of drug-likeness (QED) is 0.223. The van der Waals surface area contributed by atoms with E-state index >= 15 is 0 Å². The zero-order valence-corrected chi connectivity index (χ0v) is 19.8. The number of fused-ring (bicyclic) bond motifs is 6. The SMILES string of the molecule is Cc1ccc2c(c1)/C(=C1\c3ccccc3Sc3ccc4ccccc4c31)c1ccccc1S2. The molecule has 0 bridgehead atoms. The number of benzene rings is 5. The Morgan fingerprint density at radius 2 is 1.09 bits per heavy atom. The minimum absolute atomic E-state index is 1.29. The third-order valence-corrected chi connectivity index (χ3v) is 8.84. The van der Waals surface area contributed by atoms with Crippen LogP contribution in [-0.4, -0.2) is 0 Å². The molecule has 0 N–H and O–H groups in total. The molecule has 0 radical (unpaired) electrons. The normalized spacial score (nSPS) is 16.0. The van der Waals surface area contributed by atoms with Crippen LogP contribution >= 0.6 is 23.5 Å². The lowest BCUT2D eigenvalue weighted by Crippen LogP contribution is -2.07. The second-order valence-electron chi connectivity index (χ2n) is 8.61. The summed E-state index contributed by atoms with van der Waals surface area (Å²) in [5, 5.41) is 2.61. The summed E-state index contributed by atoms with van der Waals surface area (Å²) in [6, 6.07) is 38.1. The Balaban J connectivity index is 1.71. The fraction of sp³-hybridized carbons (Fsp3) is 0.0323. The van der Waals surface area contributed by atoms with Crippen molar-refractivity contribution in [2.75, 3.05) is 0 Å². The Morgan fingerprint density at radius 3 is 1.91 bits per heavy atom. The molecule has 0 aromatic heterocycles. The van der Waals surface area contributed by atoms with Gasteiger partial charge in [-0.25, -0.2) is 0 Å². The van der Waals surface area contributed by atoms with E-state index in [1.54, 1.807) is 0 Å². The van der Waals surface area contributed by atoms with Crippen LogP contribution in [-0.2, 0) is 0 Å². The highest BCUT2D eigenvalue weighted by Crippen LogP contribution is 2.55. The first-order chi connectivity index (χ1) is 16.3. The molecule has 0 amide bonds. The van der Waals surface area contributed by atoms with Crippen LogP contribution in [0.3, 0.4) is 0 Å². The molecular formula is C31H20S2. The average Bonchev–Trinajstić information content (AvgIpc) is 2.86. The molecule has 0 nitrogen and oxygen atoms in total. The monoisotopic (exact) mass is 456 g/mol. The van der Waals surface area contributed by atoms with Crippen molar-refractivity contribution in [3.63, 3.8) is 0 Å². The second kappa shape index (κ2) is 7.41. The Labute approximate surface area is 202 Å². The Morgan fingerprint density at radius 1 is 0.485 bits per heavy atom. The molecule has 0 saturated carbocycles. The molecule has 0 aliphatic carbocycles. The van der Waals surface area contributed by atoms with Gasteiger partial charge in [-0.2, -0.15) is 0 Å². The molecular weight excluding hydrogens is 436 g/mol. The van der Waals surface area contributed by atoms with Gasteiger partial charge in [0.2, 0.25) is 0 Å². The van der Waals surface area contributed by atoms with Crippen molar-refractivity contribution in [1.82, 2.24) is 0 Å². The van der Waals surface area contributed by atoms with Gasteiger partial charge in [-0.05, 0) is 64.2 Å². The number of hydrogen-bond donors (Lipinski definition) is 0. The maximum absolute atomic E-state index is 2.37. The highest BCUT2D eigenvalue weighted by atomic mass is 32.2. The minimum atomic E-state index is 1.29. The van der Waals surface area contributed by atoms with Crippen molar-refractivity contribution in [2.45, 2.75) is 26.5 Å². The summed E-state index contributed by atoms with van der Waals surface area (Å²) >= 11 is 3.78. The summed E-state index contributed by atoms with van der Waals surface area (Å²) in [6.45, 7) is 2.20. The molecule has 156 valence electrons. The molecule has 2 heterocycles. The van der Waals surface area contributed by atoms with Gasteiger partial charge < -0.3 is 0 Å². The average molecular weight is 457 g/mol. The lowest BCUT2D eigenvalue weighted by atomic mass is 9.83. The van der Waals surface area contributed by atoms with Crippen molar-refractivity contribution in [3.8, 4) is 0 Å². The van der Waals surface area contributed by atoms with Gasteiger partial charge in [0.15, 0.2) is 0 Å². The molecule has 2 heteroatoms. The van der Waals surface area contributed by atoms with Gasteiger partial charge in [-0.1, -0.05) is 108 Å². The maximum atomic E-state index is 2.37. The van der Waals surface area contributed by atoms with Gasteiger partial charge in [-0.3, -0.25) is 0 Å². The van der Waals surface area contributed by atoms with Gasteiger partial charge in [0.25, 0.3) is 0 Å². The molecule has 0 fully saturated rings. The van der Waals surface area contributed by atoms with Gasteiger partial charge >= 0.3 is 0 Å². The summed E-state index contributed by atoms with van der Waals surface area (Å²) in [6.07, 6.45) is 0. The Hall–Kier alpha value is -3.20. The molecule has 2 aliphatic heterocycles. The molecule has 5 aromatic rings. The summed E-state index contributed by atoms with van der Waals surface area (Å²) in [7, 11) is 0. The first kappa shape index (κ1) is 19.3. The van der Waals surface area contributed by atoms with E-state index in [-0.39, 0.29) is 0 Å². The highest BCUT2D eigenvalue weighted by Gasteiger charge is 2.30. The van der Waals surface area contributed by atoms with E-state index in [9.17, 15) is 0 Å². The standard InChI is InChI=1S/C31H20S2/c1-19-14-16-27-24(18-19)29(22-10-4-6-12-25(22)32-27)31-23-11-5-7-13-26(23)33-28-17-15-20-8-2-3-9-21(20)30(28)31/h2-18H,1H3/b31-29+. The molecule has 7 rings (SSSR count). The van der Waals surface area contributed by atoms with Crippen molar-refractivity contribution in [1.29, 1.82) is 0 Å². The van der Waals surface area contributed by atoms with E-state index in [1.165, 1.54) is 69.3 Å². The molecule has 33 heavy (non-hydrogen) atoms. The summed E-state index contributed by atoms with van der Waals surface area (Å²) in [5.74, 6) is 0. The van der Waals surface area contributed by atoms with Gasteiger partial charge in [0, 0.05) is 30.7 Å². The summed E-state index contributed by atoms with van der Waals surface area (Å²) < 4.78 is 0. The van der Waals surface area contributed by atoms with Gasteiger partial charge in [0.05, 0.1) is 0 Å². The summed E-state index contributed by atoms with van der Waals surface area (Å²) in [5.41, 5.74) is 9.37. The van der Waals surface area contributed by atoms with Crippen LogP contribution in [0.1, 0.15) is 27.8 Å². The van der Waals surface area contributed by atoms with Crippen LogP contribution in [0.4, 0.5) is 0 Å². The van der Waals surface area contributed by atoms with Crippen LogP contribution in [0.15, 0.2) is 123 Å². The van der Waals surface area contributed by atoms with E-state index in [0.717, 1.165) is 0 Å². The molecule has 2 aliphatic rings. The van der Waals surface area contributed by atoms with Gasteiger partial charge in [0.1, 0.15) is 0 Å². The topological polar surface area (TPSA) is 0 Å². The van der Waals surface area contributed by atoms with Crippen molar-refractivity contribution in [3.05, 3.63) is 131 Å². The molecule has 0 spiro atoms. The minimum Gasteiger partial charge on any atom is -0.0888 e. The Bertz CT molecular complexity index is 1620. The van der Waals surface area contributed by atoms with Crippen LogP contribution in [0, 0.1) is 6.92 Å². The molecule has 0 unspecified atom stereocenters. The first-order valence-corrected chi connectivity index (χ1v) is 12.8. The lowest BCUT2D eigenvalue weighted by Gasteiger charge is -2.30. The van der Waals surface area contributed by atoms with E-state index < -0.39 is 0 Å². The van der Waals surface area contributed by atoms with E-state index in [0.29, 0.717) is 0 Å². The summed E-state index contributed by atoms with van der Waals surface area (Å²) in [4.78, 5) is 5.32. The maximum Gasteiger partial charge on any atom is 0.0207 e. The molecule has 0 saturated heterocycles. The Kier molecular flexibility index (Phi) is 4.33. The van der Waals surface area contributed by atoms with Crippen LogP contribution in [0.2, 0.25) is 0 Å². The largest absolute Gasteiger partial charge is 0.0888 e. The number of aryl methyl sites for hydroxylation is 1. The predicted octanol–water partition coefficient (Wildman–Crippen LogP) is 9.08. The van der Waals surface area contributed by atoms with Crippen molar-refractivity contribution >= 4 is 45.4 Å². The fourth-order valence-corrected chi connectivity index (χ4v) is 7.28. The zero-order valence-electron chi connectivity index (χ0n) is 18.1. The zero-order chi connectivity index (χ0) is 21.9. The predicted molar refractivity (Wildman–Crippen MR) is 141 cm³/mol. The van der Waals surface area contributed by atoms with E-state index in [1.807, 2.05) is 23.5 Å². The highest BCUT2D eigenvalue weighted by molar-refractivity contribution is 8.00. The van der Waals surface area contributed by atoms with E-state index in [4.69, 9.17) is 0 Å². The van der Waals surface area contributed by atoms with Crippen LogP contribution in [0.25, 0.3) is 21.9 Å². The fourth-order valence-electron chi connectivity index (χ4n) is 5.09. The third kappa shape index (κ3) is 2.95. The lowest BCUT2D eigenvalue weighted by molar-refractivity contribution is 1.25. The van der Waals surface area contributed by atoms with Crippen LogP contribution < -0.4 is 0 Å². The smallest absolute Gasteiger partial charge is 0.0207 e. The van der Waals surface area contributed by atoms with E-state index in [2.05, 4.69) is 110 Å². The van der Waals surface area contributed by atoms with Crippen molar-refractivity contribution < 1.29 is 0 Å². The first-order valence-electron chi connectivity index (χ1n) is 11.2. The number of rotatable bonds is 0. The second-order valence-corrected chi connectivity index (χ2v) is 10.8. The van der Waals surface area contributed by atoms with Crippen molar-refractivity contribution in [2.24, 2.45) is 0 Å².